The van der Waals surface area contributed by atoms with E-state index in [1.54, 1.807) is 24.1 Å². The zero-order valence-corrected chi connectivity index (χ0v) is 13.7. The summed E-state index contributed by atoms with van der Waals surface area (Å²) in [4.78, 5) is 1.74. The standard InChI is InChI=1S/C17H15F4N3O2/c1-24(9-10-2-4-12(18)5-3-10)14-7-11(8-15(25)17(19,20)21)6-13-16(14)23-26-22-13/h2-7,15,25H,8-9H2,1H3. The number of alkyl halides is 3. The Bertz CT molecular complexity index is 893. The number of benzene rings is 2. The average Bonchev–Trinajstić information content (AvgIpc) is 3.03. The highest BCUT2D eigenvalue weighted by atomic mass is 19.4. The van der Waals surface area contributed by atoms with Gasteiger partial charge in [-0.3, -0.25) is 0 Å². The molecule has 0 fully saturated rings. The second-order valence-corrected chi connectivity index (χ2v) is 5.99. The first-order valence-electron chi connectivity index (χ1n) is 7.69. The quantitative estimate of drug-likeness (QED) is 0.698. The number of halogens is 4. The van der Waals surface area contributed by atoms with Crippen molar-refractivity contribution in [1.82, 2.24) is 10.3 Å². The van der Waals surface area contributed by atoms with E-state index in [1.807, 2.05) is 0 Å². The summed E-state index contributed by atoms with van der Waals surface area (Å²) in [5.41, 5.74) is 2.23. The summed E-state index contributed by atoms with van der Waals surface area (Å²) in [5.74, 6) is -0.359. The predicted molar refractivity (Wildman–Crippen MR) is 86.1 cm³/mol. The van der Waals surface area contributed by atoms with E-state index in [1.165, 1.54) is 24.3 Å². The molecular weight excluding hydrogens is 354 g/mol. The van der Waals surface area contributed by atoms with Crippen molar-refractivity contribution in [2.24, 2.45) is 0 Å². The minimum absolute atomic E-state index is 0.249. The van der Waals surface area contributed by atoms with E-state index < -0.39 is 18.7 Å². The van der Waals surface area contributed by atoms with Crippen molar-refractivity contribution in [1.29, 1.82) is 0 Å². The molecule has 5 nitrogen and oxygen atoms in total. The fraction of sp³-hybridized carbons (Fsp3) is 0.294. The van der Waals surface area contributed by atoms with Crippen molar-refractivity contribution < 1.29 is 27.3 Å². The molecule has 1 aromatic heterocycles. The number of aliphatic hydroxyl groups is 1. The van der Waals surface area contributed by atoms with Crippen LogP contribution in [0.4, 0.5) is 23.2 Å². The van der Waals surface area contributed by atoms with Gasteiger partial charge in [-0.15, -0.1) is 0 Å². The van der Waals surface area contributed by atoms with Crippen LogP contribution >= 0.6 is 0 Å². The monoisotopic (exact) mass is 369 g/mol. The highest BCUT2D eigenvalue weighted by Gasteiger charge is 2.38. The van der Waals surface area contributed by atoms with Gasteiger partial charge in [0.15, 0.2) is 11.6 Å². The van der Waals surface area contributed by atoms with Crippen molar-refractivity contribution >= 4 is 16.7 Å². The molecule has 1 atom stereocenters. The Morgan fingerprint density at radius 1 is 1.12 bits per heavy atom. The van der Waals surface area contributed by atoms with Gasteiger partial charge >= 0.3 is 6.18 Å². The van der Waals surface area contributed by atoms with Crippen LogP contribution < -0.4 is 4.90 Å². The summed E-state index contributed by atoms with van der Waals surface area (Å²) in [6.45, 7) is 0.369. The molecular formula is C17H15F4N3O2. The molecule has 9 heteroatoms. The molecule has 0 aliphatic heterocycles. The van der Waals surface area contributed by atoms with Gasteiger partial charge in [0.1, 0.15) is 11.3 Å². The van der Waals surface area contributed by atoms with Crippen LogP contribution in [0.2, 0.25) is 0 Å². The van der Waals surface area contributed by atoms with Crippen molar-refractivity contribution in [3.63, 3.8) is 0 Å². The van der Waals surface area contributed by atoms with Crippen molar-refractivity contribution in [3.8, 4) is 0 Å². The molecule has 0 saturated carbocycles. The van der Waals surface area contributed by atoms with Crippen molar-refractivity contribution in [2.45, 2.75) is 25.2 Å². The van der Waals surface area contributed by atoms with E-state index in [-0.39, 0.29) is 16.9 Å². The molecule has 138 valence electrons. The van der Waals surface area contributed by atoms with Crippen LogP contribution in [0.25, 0.3) is 11.0 Å². The van der Waals surface area contributed by atoms with Crippen molar-refractivity contribution in [3.05, 3.63) is 53.3 Å². The van der Waals surface area contributed by atoms with E-state index >= 15 is 0 Å². The fourth-order valence-electron chi connectivity index (χ4n) is 2.63. The summed E-state index contributed by atoms with van der Waals surface area (Å²) < 4.78 is 55.6. The van der Waals surface area contributed by atoms with E-state index in [9.17, 15) is 22.7 Å². The Balaban J connectivity index is 1.91. The van der Waals surface area contributed by atoms with Gasteiger partial charge in [-0.2, -0.15) is 13.2 Å². The first-order valence-corrected chi connectivity index (χ1v) is 7.69. The fourth-order valence-corrected chi connectivity index (χ4v) is 2.63. The summed E-state index contributed by atoms with van der Waals surface area (Å²) in [6, 6.07) is 8.78. The summed E-state index contributed by atoms with van der Waals surface area (Å²) in [7, 11) is 1.72. The molecule has 3 rings (SSSR count). The predicted octanol–water partition coefficient (Wildman–Crippen LogP) is 3.46. The van der Waals surface area contributed by atoms with Crippen LogP contribution in [0, 0.1) is 5.82 Å². The molecule has 26 heavy (non-hydrogen) atoms. The van der Waals surface area contributed by atoms with Crippen LogP contribution in [0.3, 0.4) is 0 Å². The topological polar surface area (TPSA) is 62.4 Å². The lowest BCUT2D eigenvalue weighted by molar-refractivity contribution is -0.203. The molecule has 3 aromatic rings. The second-order valence-electron chi connectivity index (χ2n) is 5.99. The van der Waals surface area contributed by atoms with Crippen LogP contribution in [-0.4, -0.2) is 34.7 Å². The molecule has 2 aromatic carbocycles. The van der Waals surface area contributed by atoms with Gasteiger partial charge in [-0.25, -0.2) is 9.02 Å². The van der Waals surface area contributed by atoms with Gasteiger partial charge in [-0.1, -0.05) is 12.1 Å². The third-order valence-electron chi connectivity index (χ3n) is 3.95. The number of nitrogens with zero attached hydrogens (tertiary/aromatic N) is 3. The molecule has 0 saturated heterocycles. The van der Waals surface area contributed by atoms with E-state index in [0.717, 1.165) is 5.56 Å². The second kappa shape index (κ2) is 6.91. The van der Waals surface area contributed by atoms with Crippen molar-refractivity contribution in [2.75, 3.05) is 11.9 Å². The van der Waals surface area contributed by atoms with E-state index in [2.05, 4.69) is 14.9 Å². The van der Waals surface area contributed by atoms with Gasteiger partial charge in [0, 0.05) is 20.0 Å². The lowest BCUT2D eigenvalue weighted by Gasteiger charge is -2.21. The zero-order valence-electron chi connectivity index (χ0n) is 13.7. The van der Waals surface area contributed by atoms with Gasteiger partial charge in [0.05, 0.1) is 5.69 Å². The number of aromatic nitrogens is 2. The van der Waals surface area contributed by atoms with Crippen LogP contribution in [0.5, 0.6) is 0 Å². The molecule has 0 radical (unpaired) electrons. The third-order valence-corrected chi connectivity index (χ3v) is 3.95. The normalized spacial score (nSPS) is 13.2. The highest BCUT2D eigenvalue weighted by Crippen LogP contribution is 2.29. The first-order chi connectivity index (χ1) is 12.2. The molecule has 1 heterocycles. The number of anilines is 1. The molecule has 0 amide bonds. The van der Waals surface area contributed by atoms with E-state index in [4.69, 9.17) is 0 Å². The van der Waals surface area contributed by atoms with Gasteiger partial charge in [0.2, 0.25) is 0 Å². The molecule has 0 aliphatic rings. The minimum atomic E-state index is -4.71. The first kappa shape index (κ1) is 18.1. The Labute approximate surface area is 145 Å². The van der Waals surface area contributed by atoms with Gasteiger partial charge in [0.25, 0.3) is 0 Å². The number of aliphatic hydroxyl groups excluding tert-OH is 1. The highest BCUT2D eigenvalue weighted by molar-refractivity contribution is 5.88. The van der Waals surface area contributed by atoms with Crippen LogP contribution in [0.15, 0.2) is 41.0 Å². The SMILES string of the molecule is CN(Cc1ccc(F)cc1)c1cc(CC(O)C(F)(F)F)cc2nonc12. The summed E-state index contributed by atoms with van der Waals surface area (Å²) in [6.07, 6.45) is -7.80. The number of hydrogen-bond acceptors (Lipinski definition) is 5. The maximum atomic E-state index is 13.0. The summed E-state index contributed by atoms with van der Waals surface area (Å²) >= 11 is 0. The Morgan fingerprint density at radius 2 is 1.81 bits per heavy atom. The van der Waals surface area contributed by atoms with Crippen LogP contribution in [0.1, 0.15) is 11.1 Å². The maximum Gasteiger partial charge on any atom is 0.414 e. The zero-order chi connectivity index (χ0) is 18.9. The largest absolute Gasteiger partial charge is 0.414 e. The molecule has 0 spiro atoms. The number of fused-ring (bicyclic) bond motifs is 1. The minimum Gasteiger partial charge on any atom is -0.383 e. The molecule has 1 N–H and O–H groups in total. The lowest BCUT2D eigenvalue weighted by atomic mass is 10.0. The number of rotatable bonds is 5. The Kier molecular flexibility index (Phi) is 4.82. The van der Waals surface area contributed by atoms with E-state index in [0.29, 0.717) is 17.7 Å². The molecule has 0 aliphatic carbocycles. The smallest absolute Gasteiger partial charge is 0.383 e. The maximum absolute atomic E-state index is 13.0. The Morgan fingerprint density at radius 3 is 2.46 bits per heavy atom. The average molecular weight is 369 g/mol. The molecule has 1 unspecified atom stereocenters. The molecule has 0 bridgehead atoms. The van der Waals surface area contributed by atoms with Gasteiger partial charge in [-0.05, 0) is 45.7 Å². The van der Waals surface area contributed by atoms with Crippen LogP contribution in [-0.2, 0) is 13.0 Å². The third kappa shape index (κ3) is 3.93. The number of hydrogen-bond donors (Lipinski definition) is 1. The van der Waals surface area contributed by atoms with Gasteiger partial charge < -0.3 is 10.0 Å². The lowest BCUT2D eigenvalue weighted by Crippen LogP contribution is -2.30. The Hall–Kier alpha value is -2.68. The summed E-state index contributed by atoms with van der Waals surface area (Å²) in [5, 5.41) is 16.8.